The van der Waals surface area contributed by atoms with Crippen LogP contribution in [-0.2, 0) is 9.53 Å². The molecule has 0 radical (unpaired) electrons. The van der Waals surface area contributed by atoms with Crippen LogP contribution < -0.4 is 4.74 Å². The van der Waals surface area contributed by atoms with Crippen LogP contribution in [-0.4, -0.2) is 42.0 Å². The van der Waals surface area contributed by atoms with Crippen molar-refractivity contribution in [2.45, 2.75) is 25.7 Å². The molecule has 1 aromatic heterocycles. The van der Waals surface area contributed by atoms with Gasteiger partial charge in [0, 0.05) is 24.8 Å². The van der Waals surface area contributed by atoms with Gasteiger partial charge in [-0.25, -0.2) is 0 Å². The first-order valence-corrected chi connectivity index (χ1v) is 10.2. The molecular weight excluding hydrogens is 368 g/mol. The van der Waals surface area contributed by atoms with Gasteiger partial charge in [-0.15, -0.1) is 0 Å². The number of carbonyl (C=O) groups excluding carboxylic acids is 2. The van der Waals surface area contributed by atoms with E-state index in [1.165, 1.54) is 7.11 Å². The van der Waals surface area contributed by atoms with Crippen LogP contribution >= 0.6 is 0 Å². The number of piperidine rings is 1. The third kappa shape index (κ3) is 4.42. The molecule has 0 spiro atoms. The maximum absolute atomic E-state index is 13.0. The van der Waals surface area contributed by atoms with Crippen LogP contribution in [0.5, 0.6) is 11.5 Å². The number of aromatic nitrogens is 1. The lowest BCUT2D eigenvalue weighted by molar-refractivity contribution is -0.148. The molecule has 1 aliphatic heterocycles. The second-order valence-electron chi connectivity index (χ2n) is 7.91. The van der Waals surface area contributed by atoms with Crippen molar-refractivity contribution < 1.29 is 19.1 Å². The molecule has 0 N–H and O–H groups in total. The van der Waals surface area contributed by atoms with Gasteiger partial charge in [0.25, 0.3) is 5.91 Å². The van der Waals surface area contributed by atoms with E-state index in [9.17, 15) is 9.59 Å². The normalized spacial score (nSPS) is 23.8. The standard InChI is InChI=1S/C23H26N2O4/c1-28-23(27)18-4-5-19-15-25(12-10-17(19)13-18)22(26)16-6-8-20(9-7-16)29-21-3-2-11-24-14-21/h2-3,6-9,11,14,17-19H,4-5,10,12-13,15H2,1H3. The van der Waals surface area contributed by atoms with Gasteiger partial charge in [0.2, 0.25) is 0 Å². The molecule has 4 rings (SSSR count). The topological polar surface area (TPSA) is 68.7 Å². The SMILES string of the molecule is COC(=O)C1CCC2CN(C(=O)c3ccc(Oc4cccnc4)cc3)CCC2C1. The molecule has 1 aliphatic carbocycles. The van der Waals surface area contributed by atoms with Crippen molar-refractivity contribution in [2.75, 3.05) is 20.2 Å². The first kappa shape index (κ1) is 19.4. The highest BCUT2D eigenvalue weighted by Crippen LogP contribution is 2.39. The van der Waals surface area contributed by atoms with Gasteiger partial charge in [0.15, 0.2) is 0 Å². The van der Waals surface area contributed by atoms with Crippen molar-refractivity contribution in [3.8, 4) is 11.5 Å². The van der Waals surface area contributed by atoms with E-state index in [4.69, 9.17) is 9.47 Å². The Balaban J connectivity index is 1.35. The van der Waals surface area contributed by atoms with Gasteiger partial charge < -0.3 is 14.4 Å². The second kappa shape index (κ2) is 8.64. The molecule has 2 aromatic rings. The van der Waals surface area contributed by atoms with Crippen LogP contribution in [0, 0.1) is 17.8 Å². The third-order valence-corrected chi connectivity index (χ3v) is 6.16. The highest BCUT2D eigenvalue weighted by atomic mass is 16.5. The summed E-state index contributed by atoms with van der Waals surface area (Å²) in [7, 11) is 1.46. The summed E-state index contributed by atoms with van der Waals surface area (Å²) in [5, 5.41) is 0. The lowest BCUT2D eigenvalue weighted by Crippen LogP contribution is -2.46. The molecule has 1 aromatic carbocycles. The highest BCUT2D eigenvalue weighted by molar-refractivity contribution is 5.94. The van der Waals surface area contributed by atoms with Gasteiger partial charge in [0.1, 0.15) is 11.5 Å². The van der Waals surface area contributed by atoms with Crippen LogP contribution in [0.1, 0.15) is 36.0 Å². The van der Waals surface area contributed by atoms with E-state index in [0.717, 1.165) is 38.8 Å². The Morgan fingerprint density at radius 2 is 1.86 bits per heavy atom. The van der Waals surface area contributed by atoms with E-state index in [0.29, 0.717) is 28.9 Å². The number of carbonyl (C=O) groups is 2. The quantitative estimate of drug-likeness (QED) is 0.735. The zero-order chi connectivity index (χ0) is 20.2. The molecule has 3 unspecified atom stereocenters. The van der Waals surface area contributed by atoms with Crippen LogP contribution in [0.3, 0.4) is 0 Å². The summed E-state index contributed by atoms with van der Waals surface area (Å²) in [6.45, 7) is 1.51. The minimum Gasteiger partial charge on any atom is -0.469 e. The maximum atomic E-state index is 13.0. The minimum atomic E-state index is -0.0875. The summed E-state index contributed by atoms with van der Waals surface area (Å²) in [5.74, 6) is 2.32. The summed E-state index contributed by atoms with van der Waals surface area (Å²) in [6, 6.07) is 10.9. The first-order valence-electron chi connectivity index (χ1n) is 10.2. The molecule has 6 heteroatoms. The Bertz CT molecular complexity index is 853. The van der Waals surface area contributed by atoms with Crippen molar-refractivity contribution in [2.24, 2.45) is 17.8 Å². The second-order valence-corrected chi connectivity index (χ2v) is 7.91. The smallest absolute Gasteiger partial charge is 0.308 e. The van der Waals surface area contributed by atoms with Gasteiger partial charge in [-0.1, -0.05) is 0 Å². The summed E-state index contributed by atoms with van der Waals surface area (Å²) in [6.07, 6.45) is 7.02. The number of likely N-dealkylation sites (tertiary alicyclic amines) is 1. The summed E-state index contributed by atoms with van der Waals surface area (Å²) >= 11 is 0. The molecule has 1 saturated carbocycles. The number of pyridine rings is 1. The fourth-order valence-electron chi connectivity index (χ4n) is 4.57. The Morgan fingerprint density at radius 1 is 1.03 bits per heavy atom. The van der Waals surface area contributed by atoms with E-state index in [1.807, 2.05) is 41.3 Å². The predicted molar refractivity (Wildman–Crippen MR) is 108 cm³/mol. The van der Waals surface area contributed by atoms with Crippen LogP contribution in [0.25, 0.3) is 0 Å². The Hall–Kier alpha value is -2.89. The molecule has 2 fully saturated rings. The monoisotopic (exact) mass is 394 g/mol. The predicted octanol–water partition coefficient (Wildman–Crippen LogP) is 3.93. The number of nitrogens with zero attached hydrogens (tertiary/aromatic N) is 2. The number of methoxy groups -OCH3 is 1. The minimum absolute atomic E-state index is 0.0239. The zero-order valence-electron chi connectivity index (χ0n) is 16.6. The molecule has 29 heavy (non-hydrogen) atoms. The number of ether oxygens (including phenoxy) is 2. The molecule has 3 atom stereocenters. The number of fused-ring (bicyclic) bond motifs is 1. The van der Waals surface area contributed by atoms with Gasteiger partial charge in [-0.05, 0) is 73.9 Å². The number of hydrogen-bond acceptors (Lipinski definition) is 5. The molecule has 6 nitrogen and oxygen atoms in total. The van der Waals surface area contributed by atoms with Crippen LogP contribution in [0.4, 0.5) is 0 Å². The fourth-order valence-corrected chi connectivity index (χ4v) is 4.57. The Kier molecular flexibility index (Phi) is 5.79. The summed E-state index contributed by atoms with van der Waals surface area (Å²) in [5.41, 5.74) is 0.672. The average Bonchev–Trinajstić information content (AvgIpc) is 2.78. The van der Waals surface area contributed by atoms with Crippen molar-refractivity contribution in [1.82, 2.24) is 9.88 Å². The number of rotatable bonds is 4. The van der Waals surface area contributed by atoms with Crippen molar-refractivity contribution in [3.05, 3.63) is 54.4 Å². The lowest BCUT2D eigenvalue weighted by Gasteiger charge is -2.43. The van der Waals surface area contributed by atoms with E-state index in [-0.39, 0.29) is 17.8 Å². The molecule has 0 bridgehead atoms. The van der Waals surface area contributed by atoms with Gasteiger partial charge in [-0.2, -0.15) is 0 Å². The van der Waals surface area contributed by atoms with E-state index in [2.05, 4.69) is 4.98 Å². The summed E-state index contributed by atoms with van der Waals surface area (Å²) < 4.78 is 10.7. The molecule has 152 valence electrons. The lowest BCUT2D eigenvalue weighted by atomic mass is 9.70. The first-order chi connectivity index (χ1) is 14.1. The van der Waals surface area contributed by atoms with E-state index >= 15 is 0 Å². The molecule has 1 saturated heterocycles. The van der Waals surface area contributed by atoms with Crippen molar-refractivity contribution >= 4 is 11.9 Å². The Morgan fingerprint density at radius 3 is 2.59 bits per heavy atom. The number of benzene rings is 1. The van der Waals surface area contributed by atoms with Gasteiger partial charge in [0.05, 0.1) is 19.2 Å². The summed E-state index contributed by atoms with van der Waals surface area (Å²) in [4.78, 5) is 30.8. The number of amides is 1. The van der Waals surface area contributed by atoms with Crippen LogP contribution in [0.15, 0.2) is 48.8 Å². The van der Waals surface area contributed by atoms with Crippen molar-refractivity contribution in [3.63, 3.8) is 0 Å². The molecule has 2 aliphatic rings. The molecule has 1 amide bonds. The number of hydrogen-bond donors (Lipinski definition) is 0. The van der Waals surface area contributed by atoms with E-state index in [1.54, 1.807) is 12.4 Å². The zero-order valence-corrected chi connectivity index (χ0v) is 16.6. The highest BCUT2D eigenvalue weighted by Gasteiger charge is 2.38. The average molecular weight is 394 g/mol. The fraction of sp³-hybridized carbons (Fsp3) is 0.435. The molecular formula is C23H26N2O4. The van der Waals surface area contributed by atoms with E-state index < -0.39 is 0 Å². The van der Waals surface area contributed by atoms with Crippen LogP contribution in [0.2, 0.25) is 0 Å². The number of esters is 1. The van der Waals surface area contributed by atoms with Crippen molar-refractivity contribution in [1.29, 1.82) is 0 Å². The third-order valence-electron chi connectivity index (χ3n) is 6.16. The maximum Gasteiger partial charge on any atom is 0.308 e. The van der Waals surface area contributed by atoms with Gasteiger partial charge >= 0.3 is 5.97 Å². The van der Waals surface area contributed by atoms with Gasteiger partial charge in [-0.3, -0.25) is 14.6 Å². The Labute approximate surface area is 170 Å². The molecule has 2 heterocycles. The largest absolute Gasteiger partial charge is 0.469 e.